The van der Waals surface area contributed by atoms with Crippen molar-refractivity contribution < 1.29 is 19.4 Å². The molecule has 8 heteroatoms. The molecule has 0 bridgehead atoms. The molecule has 1 aromatic carbocycles. The fourth-order valence-corrected chi connectivity index (χ4v) is 2.25. The molecule has 1 amide bonds. The predicted octanol–water partition coefficient (Wildman–Crippen LogP) is 2.73. The number of aliphatic carboxylic acids is 1. The second-order valence-electron chi connectivity index (χ2n) is 5.36. The molecular weight excluding hydrogens is 352 g/mol. The zero-order valence-electron chi connectivity index (χ0n) is 12.6. The predicted molar refractivity (Wildman–Crippen MR) is 92.7 cm³/mol. The van der Waals surface area contributed by atoms with Gasteiger partial charge in [-0.05, 0) is 37.5 Å². The van der Waals surface area contributed by atoms with Crippen LogP contribution in [0.25, 0.3) is 0 Å². The van der Waals surface area contributed by atoms with Gasteiger partial charge in [-0.1, -0.05) is 37.0 Å². The average molecular weight is 372 g/mol. The summed E-state index contributed by atoms with van der Waals surface area (Å²) in [6, 6.07) is 3.70. The molecule has 0 aromatic heterocycles. The van der Waals surface area contributed by atoms with Crippen molar-refractivity contribution >= 4 is 64.6 Å². The Morgan fingerprint density at radius 3 is 2.35 bits per heavy atom. The minimum absolute atomic E-state index is 0. The van der Waals surface area contributed by atoms with Crippen molar-refractivity contribution in [2.24, 2.45) is 5.92 Å². The fourth-order valence-electron chi connectivity index (χ4n) is 1.80. The number of carbonyl (C=O) groups is 2. The van der Waals surface area contributed by atoms with Gasteiger partial charge >= 0.3 is 35.5 Å². The molecule has 0 heterocycles. The molecule has 0 saturated heterocycles. The Bertz CT molecular complexity index is 554. The Kier molecular flexibility index (Phi) is 10.2. The second kappa shape index (κ2) is 10.4. The molecule has 23 heavy (non-hydrogen) atoms. The number of carboxylic acids is 1. The number of carbonyl (C=O) groups excluding carboxylic acids is 1. The van der Waals surface area contributed by atoms with Crippen molar-refractivity contribution in [2.75, 3.05) is 0 Å². The van der Waals surface area contributed by atoms with Crippen molar-refractivity contribution in [1.82, 2.24) is 5.32 Å². The molecule has 0 radical (unpaired) electrons. The molecule has 1 aromatic rings. The van der Waals surface area contributed by atoms with Crippen LogP contribution in [0.2, 0.25) is 10.0 Å². The van der Waals surface area contributed by atoms with Crippen LogP contribution in [0.1, 0.15) is 27.2 Å². The Balaban J connectivity index is 0.00000484. The van der Waals surface area contributed by atoms with Gasteiger partial charge in [0.1, 0.15) is 11.8 Å². The van der Waals surface area contributed by atoms with Crippen molar-refractivity contribution in [1.29, 1.82) is 0 Å². The number of amides is 1. The summed E-state index contributed by atoms with van der Waals surface area (Å²) >= 11 is 11.8. The average Bonchev–Trinajstić information content (AvgIpc) is 2.40. The topological polar surface area (TPSA) is 75.6 Å². The van der Waals surface area contributed by atoms with E-state index >= 15 is 0 Å². The van der Waals surface area contributed by atoms with Crippen molar-refractivity contribution in [3.05, 3.63) is 28.2 Å². The van der Waals surface area contributed by atoms with Gasteiger partial charge in [0.05, 0.1) is 5.02 Å². The number of ether oxygens (including phenoxy) is 1. The Labute approximate surface area is 168 Å². The van der Waals surface area contributed by atoms with Gasteiger partial charge in [0, 0.05) is 5.02 Å². The van der Waals surface area contributed by atoms with Gasteiger partial charge in [-0.3, -0.25) is 4.79 Å². The first-order valence-corrected chi connectivity index (χ1v) is 7.61. The maximum atomic E-state index is 12.1. The molecule has 0 fully saturated rings. The van der Waals surface area contributed by atoms with Crippen molar-refractivity contribution in [3.63, 3.8) is 0 Å². The molecule has 0 aliphatic heterocycles. The third-order valence-corrected chi connectivity index (χ3v) is 3.42. The second-order valence-corrected chi connectivity index (χ2v) is 6.21. The molecule has 2 N–H and O–H groups in total. The number of rotatable bonds is 7. The molecule has 0 aliphatic carbocycles. The van der Waals surface area contributed by atoms with Gasteiger partial charge in [0.15, 0.2) is 6.10 Å². The summed E-state index contributed by atoms with van der Waals surface area (Å²) in [7, 11) is 0. The van der Waals surface area contributed by atoms with Crippen LogP contribution in [0, 0.1) is 5.92 Å². The first kappa shape index (κ1) is 22.5. The zero-order chi connectivity index (χ0) is 16.9. The summed E-state index contributed by atoms with van der Waals surface area (Å²) < 4.78 is 5.45. The van der Waals surface area contributed by atoms with Crippen LogP contribution in [0.5, 0.6) is 5.75 Å². The van der Waals surface area contributed by atoms with Crippen LogP contribution >= 0.6 is 23.2 Å². The summed E-state index contributed by atoms with van der Waals surface area (Å²) in [5.74, 6) is -1.13. The van der Waals surface area contributed by atoms with Gasteiger partial charge in [-0.25, -0.2) is 4.79 Å². The molecule has 1 unspecified atom stereocenters. The third kappa shape index (κ3) is 7.77. The van der Waals surface area contributed by atoms with Crippen LogP contribution < -0.4 is 10.1 Å². The van der Waals surface area contributed by atoms with Crippen LogP contribution in [0.3, 0.4) is 0 Å². The van der Waals surface area contributed by atoms with E-state index in [-0.39, 0.29) is 40.5 Å². The van der Waals surface area contributed by atoms with Crippen LogP contribution in [0.15, 0.2) is 18.2 Å². The summed E-state index contributed by atoms with van der Waals surface area (Å²) in [6.07, 6.45) is -0.539. The van der Waals surface area contributed by atoms with Gasteiger partial charge in [-0.2, -0.15) is 0 Å². The molecular formula is C15H20Cl2NNaO4. The van der Waals surface area contributed by atoms with E-state index in [0.29, 0.717) is 17.2 Å². The van der Waals surface area contributed by atoms with Gasteiger partial charge in [0.2, 0.25) is 0 Å². The van der Waals surface area contributed by atoms with Gasteiger partial charge in [-0.15, -0.1) is 0 Å². The van der Waals surface area contributed by atoms with E-state index in [4.69, 9.17) is 33.0 Å². The minimum atomic E-state index is -1.07. The standard InChI is InChI=1S/C15H19Cl2NO4.Na.H/c1-8(2)6-12(15(20)21)18-14(19)9(3)22-13-5-4-10(16)7-11(13)17;;/h4-5,7-9,12H,6H2,1-3H3,(H,18,19)(H,20,21);;/t9?,12-;;/m0../s1. The first-order valence-electron chi connectivity index (χ1n) is 6.85. The summed E-state index contributed by atoms with van der Waals surface area (Å²) in [5.41, 5.74) is 0. The number of carboxylic acid groups (broad SMARTS) is 1. The Morgan fingerprint density at radius 2 is 1.87 bits per heavy atom. The zero-order valence-corrected chi connectivity index (χ0v) is 14.1. The molecule has 0 aliphatic rings. The van der Waals surface area contributed by atoms with Gasteiger partial charge < -0.3 is 15.2 Å². The molecule has 1 rings (SSSR count). The number of halogens is 2. The number of hydrogen-bond acceptors (Lipinski definition) is 3. The van der Waals surface area contributed by atoms with Crippen LogP contribution in [-0.2, 0) is 9.59 Å². The molecule has 124 valence electrons. The molecule has 2 atom stereocenters. The first-order chi connectivity index (χ1) is 10.2. The summed E-state index contributed by atoms with van der Waals surface area (Å²) in [5, 5.41) is 12.3. The van der Waals surface area contributed by atoms with Crippen LogP contribution in [-0.4, -0.2) is 58.7 Å². The maximum absolute atomic E-state index is 12.1. The third-order valence-electron chi connectivity index (χ3n) is 2.89. The summed E-state index contributed by atoms with van der Waals surface area (Å²) in [6.45, 7) is 5.29. The number of hydrogen-bond donors (Lipinski definition) is 2. The number of nitrogens with one attached hydrogen (secondary N) is 1. The van der Waals surface area contributed by atoms with Crippen molar-refractivity contribution in [2.45, 2.75) is 39.3 Å². The Morgan fingerprint density at radius 1 is 1.26 bits per heavy atom. The molecule has 0 spiro atoms. The number of benzene rings is 1. The Hall–Kier alpha value is -0.460. The van der Waals surface area contributed by atoms with Crippen LogP contribution in [0.4, 0.5) is 0 Å². The van der Waals surface area contributed by atoms with E-state index < -0.39 is 24.0 Å². The SMILES string of the molecule is CC(C)C[C@H](NC(=O)C(C)Oc1ccc(Cl)cc1Cl)C(=O)O.[NaH]. The van der Waals surface area contributed by atoms with Crippen molar-refractivity contribution in [3.8, 4) is 5.75 Å². The van der Waals surface area contributed by atoms with E-state index in [1.807, 2.05) is 13.8 Å². The van der Waals surface area contributed by atoms with Gasteiger partial charge in [0.25, 0.3) is 5.91 Å². The summed E-state index contributed by atoms with van der Waals surface area (Å²) in [4.78, 5) is 23.2. The fraction of sp³-hybridized carbons (Fsp3) is 0.467. The monoisotopic (exact) mass is 371 g/mol. The normalized spacial score (nSPS) is 13.0. The van der Waals surface area contributed by atoms with E-state index in [1.165, 1.54) is 13.0 Å². The van der Waals surface area contributed by atoms with E-state index in [9.17, 15) is 9.59 Å². The van der Waals surface area contributed by atoms with E-state index in [0.717, 1.165) is 0 Å². The molecule has 0 saturated carbocycles. The van der Waals surface area contributed by atoms with E-state index in [2.05, 4.69) is 5.32 Å². The molecule has 5 nitrogen and oxygen atoms in total. The van der Waals surface area contributed by atoms with E-state index in [1.54, 1.807) is 12.1 Å². The quantitative estimate of drug-likeness (QED) is 0.722.